The molecule has 0 radical (unpaired) electrons. The Balaban J connectivity index is 1.12. The fourth-order valence-corrected chi connectivity index (χ4v) is 11.1. The Kier molecular flexibility index (Phi) is 7.78. The van der Waals surface area contributed by atoms with E-state index in [9.17, 15) is 0 Å². The molecule has 3 heterocycles. The first kappa shape index (κ1) is 34.9. The Labute approximate surface area is 361 Å². The number of nitrogens with zero attached hydrogens (tertiary/aromatic N) is 2. The molecule has 0 amide bonds. The van der Waals surface area contributed by atoms with Gasteiger partial charge in [-0.05, 0) is 77.0 Å². The average molecular weight is 809 g/mol. The van der Waals surface area contributed by atoms with Crippen LogP contribution in [0, 0.1) is 0 Å². The minimum atomic E-state index is 0.888. The predicted molar refractivity (Wildman–Crippen MR) is 264 cm³/mol. The molecular formula is C58H36N2OS. The van der Waals surface area contributed by atoms with Gasteiger partial charge in [0.2, 0.25) is 0 Å². The maximum absolute atomic E-state index is 6.72. The number of furan rings is 1. The standard InChI is InChI=1S/C58H36N2OS/c1-2-16-38-35-41(32-31-37(38)15-1)60(52-28-10-5-21-44(52)47-24-14-25-48-45-22-6-11-29-54(45)61-57(47)48)53-34-33-49-46-23-7-12-30-55(46)62-58(49)56(53)39-17-13-18-40(36-39)59-50-26-8-3-19-42(50)43-20-4-9-27-51(43)59/h1-36H. The molecule has 290 valence electrons. The van der Waals surface area contributed by atoms with Crippen LogP contribution in [-0.4, -0.2) is 4.57 Å². The van der Waals surface area contributed by atoms with Gasteiger partial charge in [0, 0.05) is 69.8 Å². The molecule has 0 unspecified atom stereocenters. The number of hydrogen-bond acceptors (Lipinski definition) is 3. The third-order valence-electron chi connectivity index (χ3n) is 12.6. The summed E-state index contributed by atoms with van der Waals surface area (Å²) in [6, 6.07) is 79.3. The van der Waals surface area contributed by atoms with Gasteiger partial charge in [-0.3, -0.25) is 0 Å². The van der Waals surface area contributed by atoms with Gasteiger partial charge in [-0.1, -0.05) is 158 Å². The Morgan fingerprint density at radius 1 is 0.419 bits per heavy atom. The SMILES string of the molecule is c1cc(-c2c(N(c3ccc4ccccc4c3)c3ccccc3-c3cccc4c3oc3ccccc34)ccc3c2sc2ccccc23)cc(-n2c3ccccc3c3ccccc32)c1. The lowest BCUT2D eigenvalue weighted by Gasteiger charge is -2.30. The summed E-state index contributed by atoms with van der Waals surface area (Å²) in [5.41, 5.74) is 13.0. The summed E-state index contributed by atoms with van der Waals surface area (Å²) < 4.78 is 11.7. The first-order valence-electron chi connectivity index (χ1n) is 21.1. The molecule has 3 nitrogen and oxygen atoms in total. The summed E-state index contributed by atoms with van der Waals surface area (Å²) in [7, 11) is 0. The van der Waals surface area contributed by atoms with Gasteiger partial charge in [0.05, 0.1) is 22.4 Å². The number of hydrogen-bond donors (Lipinski definition) is 0. The van der Waals surface area contributed by atoms with Gasteiger partial charge in [-0.15, -0.1) is 11.3 Å². The summed E-state index contributed by atoms with van der Waals surface area (Å²) >= 11 is 1.87. The second-order valence-electron chi connectivity index (χ2n) is 16.0. The highest BCUT2D eigenvalue weighted by Gasteiger charge is 2.26. The molecule has 3 aromatic heterocycles. The maximum Gasteiger partial charge on any atom is 0.143 e. The molecule has 0 atom stereocenters. The minimum absolute atomic E-state index is 0.888. The number of para-hydroxylation sites is 5. The van der Waals surface area contributed by atoms with Crippen molar-refractivity contribution >= 4 is 103 Å². The van der Waals surface area contributed by atoms with Gasteiger partial charge < -0.3 is 13.9 Å². The molecule has 0 aliphatic heterocycles. The number of aromatic nitrogens is 1. The maximum atomic E-state index is 6.72. The van der Waals surface area contributed by atoms with E-state index in [0.29, 0.717) is 0 Å². The predicted octanol–water partition coefficient (Wildman–Crippen LogP) is 17.0. The van der Waals surface area contributed by atoms with Crippen molar-refractivity contribution in [2.75, 3.05) is 4.90 Å². The van der Waals surface area contributed by atoms with E-state index in [2.05, 4.69) is 222 Å². The van der Waals surface area contributed by atoms with Gasteiger partial charge in [-0.2, -0.15) is 0 Å². The molecule has 0 bridgehead atoms. The van der Waals surface area contributed by atoms with Gasteiger partial charge in [0.15, 0.2) is 0 Å². The Bertz CT molecular complexity index is 3850. The van der Waals surface area contributed by atoms with Crippen LogP contribution >= 0.6 is 11.3 Å². The van der Waals surface area contributed by atoms with Crippen molar-refractivity contribution in [2.45, 2.75) is 0 Å². The van der Waals surface area contributed by atoms with Crippen molar-refractivity contribution in [1.29, 1.82) is 0 Å². The molecular weight excluding hydrogens is 773 g/mol. The summed E-state index contributed by atoms with van der Waals surface area (Å²) in [5, 5.41) is 9.64. The van der Waals surface area contributed by atoms with E-state index >= 15 is 0 Å². The van der Waals surface area contributed by atoms with Crippen molar-refractivity contribution < 1.29 is 4.42 Å². The molecule has 0 N–H and O–H groups in total. The van der Waals surface area contributed by atoms with Crippen LogP contribution in [0.1, 0.15) is 0 Å². The second-order valence-corrected chi connectivity index (χ2v) is 17.1. The van der Waals surface area contributed by atoms with E-state index in [4.69, 9.17) is 4.42 Å². The molecule has 0 fully saturated rings. The molecule has 13 rings (SSSR count). The second kappa shape index (κ2) is 13.8. The third-order valence-corrected chi connectivity index (χ3v) is 13.8. The molecule has 0 spiro atoms. The lowest BCUT2D eigenvalue weighted by atomic mass is 9.96. The van der Waals surface area contributed by atoms with E-state index in [1.165, 1.54) is 58.3 Å². The first-order valence-corrected chi connectivity index (χ1v) is 21.9. The molecule has 0 saturated heterocycles. The lowest BCUT2D eigenvalue weighted by molar-refractivity contribution is 0.670. The number of thiophene rings is 1. The van der Waals surface area contributed by atoms with Gasteiger partial charge >= 0.3 is 0 Å². The zero-order valence-corrected chi connectivity index (χ0v) is 34.3. The lowest BCUT2D eigenvalue weighted by Crippen LogP contribution is -2.12. The normalized spacial score (nSPS) is 11.9. The topological polar surface area (TPSA) is 21.3 Å². The van der Waals surface area contributed by atoms with Gasteiger partial charge in [0.25, 0.3) is 0 Å². The highest BCUT2D eigenvalue weighted by atomic mass is 32.1. The van der Waals surface area contributed by atoms with Crippen molar-refractivity contribution in [3.63, 3.8) is 0 Å². The van der Waals surface area contributed by atoms with E-state index in [-0.39, 0.29) is 0 Å². The fraction of sp³-hybridized carbons (Fsp3) is 0. The van der Waals surface area contributed by atoms with E-state index < -0.39 is 0 Å². The Hall–Kier alpha value is -7.92. The van der Waals surface area contributed by atoms with Crippen LogP contribution in [0.15, 0.2) is 223 Å². The molecule has 10 aromatic carbocycles. The summed E-state index contributed by atoms with van der Waals surface area (Å²) in [6.07, 6.45) is 0. The molecule has 62 heavy (non-hydrogen) atoms. The summed E-state index contributed by atoms with van der Waals surface area (Å²) in [6.45, 7) is 0. The van der Waals surface area contributed by atoms with Crippen molar-refractivity contribution in [3.8, 4) is 27.9 Å². The van der Waals surface area contributed by atoms with Crippen LogP contribution in [-0.2, 0) is 0 Å². The van der Waals surface area contributed by atoms with E-state index in [1.807, 2.05) is 17.4 Å². The van der Waals surface area contributed by atoms with Crippen LogP contribution in [0.2, 0.25) is 0 Å². The van der Waals surface area contributed by atoms with Crippen molar-refractivity contribution in [2.24, 2.45) is 0 Å². The Morgan fingerprint density at radius 2 is 1.08 bits per heavy atom. The quantitative estimate of drug-likeness (QED) is 0.167. The van der Waals surface area contributed by atoms with Gasteiger partial charge in [0.1, 0.15) is 11.2 Å². The van der Waals surface area contributed by atoms with E-state index in [0.717, 1.165) is 61.4 Å². The highest BCUT2D eigenvalue weighted by Crippen LogP contribution is 2.51. The van der Waals surface area contributed by atoms with Crippen LogP contribution in [0.5, 0.6) is 0 Å². The zero-order chi connectivity index (χ0) is 40.7. The van der Waals surface area contributed by atoms with Crippen LogP contribution in [0.3, 0.4) is 0 Å². The molecule has 0 aliphatic rings. The van der Waals surface area contributed by atoms with Crippen LogP contribution < -0.4 is 4.90 Å². The monoisotopic (exact) mass is 808 g/mol. The molecule has 13 aromatic rings. The summed E-state index contributed by atoms with van der Waals surface area (Å²) in [4.78, 5) is 2.48. The number of benzene rings is 10. The smallest absolute Gasteiger partial charge is 0.143 e. The number of anilines is 3. The number of rotatable bonds is 6. The highest BCUT2D eigenvalue weighted by molar-refractivity contribution is 7.26. The molecule has 0 aliphatic carbocycles. The van der Waals surface area contributed by atoms with Crippen LogP contribution in [0.25, 0.3) is 103 Å². The first-order chi connectivity index (χ1) is 30.8. The number of fused-ring (bicyclic) bond motifs is 10. The van der Waals surface area contributed by atoms with Crippen LogP contribution in [0.4, 0.5) is 17.1 Å². The van der Waals surface area contributed by atoms with E-state index in [1.54, 1.807) is 0 Å². The van der Waals surface area contributed by atoms with Crippen molar-refractivity contribution in [1.82, 2.24) is 4.57 Å². The summed E-state index contributed by atoms with van der Waals surface area (Å²) in [5.74, 6) is 0. The van der Waals surface area contributed by atoms with Gasteiger partial charge in [-0.25, -0.2) is 0 Å². The minimum Gasteiger partial charge on any atom is -0.455 e. The molecule has 4 heteroatoms. The molecule has 0 saturated carbocycles. The van der Waals surface area contributed by atoms with Crippen molar-refractivity contribution in [3.05, 3.63) is 218 Å². The average Bonchev–Trinajstić information content (AvgIpc) is 4.02. The largest absolute Gasteiger partial charge is 0.455 e. The third kappa shape index (κ3) is 5.30. The zero-order valence-electron chi connectivity index (χ0n) is 33.5. The fourth-order valence-electron chi connectivity index (χ4n) is 9.82. The Morgan fingerprint density at radius 3 is 1.94 bits per heavy atom.